The summed E-state index contributed by atoms with van der Waals surface area (Å²) in [4.78, 5) is 16.3. The van der Waals surface area contributed by atoms with Crippen LogP contribution in [-0.4, -0.2) is 10.8 Å². The summed E-state index contributed by atoms with van der Waals surface area (Å²) < 4.78 is 0. The van der Waals surface area contributed by atoms with Crippen LogP contribution in [-0.2, 0) is 12.8 Å². The standard InChI is InChI=1S/C17H16BrNO/c18-16(15-6-3-9-19-11-15)17(20)14-8-7-12-4-1-2-5-13(12)10-14/h3,6-11,16H,1-2,4-5H2. The Balaban J connectivity index is 1.87. The fourth-order valence-electron chi connectivity index (χ4n) is 2.71. The number of aromatic nitrogens is 1. The number of carbonyl (C=O) groups is 1. The van der Waals surface area contributed by atoms with Gasteiger partial charge < -0.3 is 0 Å². The van der Waals surface area contributed by atoms with Crippen LogP contribution < -0.4 is 0 Å². The molecule has 0 bridgehead atoms. The number of nitrogens with zero attached hydrogens (tertiary/aromatic N) is 1. The Kier molecular flexibility index (Phi) is 3.97. The Bertz CT molecular complexity index is 624. The quantitative estimate of drug-likeness (QED) is 0.621. The van der Waals surface area contributed by atoms with Crippen molar-refractivity contribution >= 4 is 21.7 Å². The lowest BCUT2D eigenvalue weighted by atomic mass is 9.89. The maximum Gasteiger partial charge on any atom is 0.180 e. The normalized spacial score (nSPS) is 15.4. The van der Waals surface area contributed by atoms with Gasteiger partial charge >= 0.3 is 0 Å². The lowest BCUT2D eigenvalue weighted by molar-refractivity contribution is 0.0991. The number of hydrogen-bond donors (Lipinski definition) is 0. The Labute approximate surface area is 127 Å². The Morgan fingerprint density at radius 3 is 2.70 bits per heavy atom. The van der Waals surface area contributed by atoms with E-state index in [-0.39, 0.29) is 10.6 Å². The second-order valence-corrected chi connectivity index (χ2v) is 6.12. The number of fused-ring (bicyclic) bond motifs is 1. The van der Waals surface area contributed by atoms with Gasteiger partial charge in [0.05, 0.1) is 0 Å². The van der Waals surface area contributed by atoms with Crippen molar-refractivity contribution in [2.75, 3.05) is 0 Å². The molecular formula is C17H16BrNO. The molecule has 0 N–H and O–H groups in total. The molecule has 1 aromatic heterocycles. The van der Waals surface area contributed by atoms with Gasteiger partial charge in [0.1, 0.15) is 4.83 Å². The molecule has 1 aromatic carbocycles. The SMILES string of the molecule is O=C(c1ccc2c(c1)CCCC2)C(Br)c1cccnc1. The van der Waals surface area contributed by atoms with Crippen molar-refractivity contribution in [2.24, 2.45) is 0 Å². The fourth-order valence-corrected chi connectivity index (χ4v) is 3.25. The van der Waals surface area contributed by atoms with Crippen LogP contribution in [0, 0.1) is 0 Å². The zero-order chi connectivity index (χ0) is 13.9. The van der Waals surface area contributed by atoms with Crippen molar-refractivity contribution in [2.45, 2.75) is 30.5 Å². The molecule has 2 aromatic rings. The number of alkyl halides is 1. The molecule has 0 amide bonds. The van der Waals surface area contributed by atoms with Gasteiger partial charge in [-0.2, -0.15) is 0 Å². The molecule has 102 valence electrons. The number of Topliss-reactive ketones (excluding diaryl/α,β-unsaturated/α-hetero) is 1. The summed E-state index contributed by atoms with van der Waals surface area (Å²) >= 11 is 3.49. The number of benzene rings is 1. The van der Waals surface area contributed by atoms with Crippen molar-refractivity contribution in [1.29, 1.82) is 0 Å². The maximum absolute atomic E-state index is 12.6. The average molecular weight is 330 g/mol. The summed E-state index contributed by atoms with van der Waals surface area (Å²) in [6.07, 6.45) is 8.17. The highest BCUT2D eigenvalue weighted by Gasteiger charge is 2.20. The first-order chi connectivity index (χ1) is 9.75. The predicted octanol–water partition coefficient (Wildman–Crippen LogP) is 4.28. The molecule has 3 heteroatoms. The average Bonchev–Trinajstić information content (AvgIpc) is 2.54. The number of ketones is 1. The number of rotatable bonds is 3. The first-order valence-electron chi connectivity index (χ1n) is 6.96. The van der Waals surface area contributed by atoms with Gasteiger partial charge in [-0.1, -0.05) is 34.1 Å². The van der Waals surface area contributed by atoms with Crippen LogP contribution in [0.5, 0.6) is 0 Å². The van der Waals surface area contributed by atoms with Crippen LogP contribution >= 0.6 is 15.9 Å². The molecule has 20 heavy (non-hydrogen) atoms. The van der Waals surface area contributed by atoms with Crippen molar-refractivity contribution in [3.05, 3.63) is 65.0 Å². The summed E-state index contributed by atoms with van der Waals surface area (Å²) in [5, 5.41) is 0. The van der Waals surface area contributed by atoms with Gasteiger partial charge in [-0.25, -0.2) is 0 Å². The Morgan fingerprint density at radius 2 is 1.95 bits per heavy atom. The highest BCUT2D eigenvalue weighted by molar-refractivity contribution is 9.09. The van der Waals surface area contributed by atoms with E-state index in [1.54, 1.807) is 12.4 Å². The molecule has 1 heterocycles. The summed E-state index contributed by atoms with van der Waals surface area (Å²) in [5.74, 6) is 0.103. The van der Waals surface area contributed by atoms with Gasteiger partial charge in [-0.05, 0) is 54.5 Å². The van der Waals surface area contributed by atoms with Crippen molar-refractivity contribution in [1.82, 2.24) is 4.98 Å². The lowest BCUT2D eigenvalue weighted by Gasteiger charge is -2.17. The smallest absolute Gasteiger partial charge is 0.180 e. The molecule has 3 rings (SSSR count). The molecule has 0 spiro atoms. The van der Waals surface area contributed by atoms with Crippen LogP contribution in [0.25, 0.3) is 0 Å². The number of halogens is 1. The second kappa shape index (κ2) is 5.88. The van der Waals surface area contributed by atoms with Crippen LogP contribution in [0.2, 0.25) is 0 Å². The van der Waals surface area contributed by atoms with Gasteiger partial charge in [0, 0.05) is 18.0 Å². The molecular weight excluding hydrogens is 314 g/mol. The third-order valence-electron chi connectivity index (χ3n) is 3.84. The highest BCUT2D eigenvalue weighted by Crippen LogP contribution is 2.29. The first-order valence-corrected chi connectivity index (χ1v) is 7.87. The topological polar surface area (TPSA) is 30.0 Å². The van der Waals surface area contributed by atoms with E-state index in [9.17, 15) is 4.79 Å². The molecule has 0 saturated heterocycles. The third-order valence-corrected chi connectivity index (χ3v) is 4.78. The van der Waals surface area contributed by atoms with E-state index in [0.29, 0.717) is 0 Å². The number of carbonyl (C=O) groups excluding carboxylic acids is 1. The van der Waals surface area contributed by atoms with E-state index in [1.807, 2.05) is 18.2 Å². The van der Waals surface area contributed by atoms with E-state index >= 15 is 0 Å². The molecule has 1 aliphatic rings. The van der Waals surface area contributed by atoms with Crippen LogP contribution in [0.3, 0.4) is 0 Å². The zero-order valence-electron chi connectivity index (χ0n) is 11.2. The maximum atomic E-state index is 12.6. The summed E-state index contributed by atoms with van der Waals surface area (Å²) in [7, 11) is 0. The van der Waals surface area contributed by atoms with Crippen LogP contribution in [0.15, 0.2) is 42.7 Å². The summed E-state index contributed by atoms with van der Waals surface area (Å²) in [6, 6.07) is 9.91. The summed E-state index contributed by atoms with van der Waals surface area (Å²) in [5.41, 5.74) is 4.43. The minimum atomic E-state index is -0.321. The Morgan fingerprint density at radius 1 is 1.15 bits per heavy atom. The van der Waals surface area contributed by atoms with Crippen molar-refractivity contribution in [3.63, 3.8) is 0 Å². The van der Waals surface area contributed by atoms with Crippen LogP contribution in [0.1, 0.15) is 44.7 Å². The highest BCUT2D eigenvalue weighted by atomic mass is 79.9. The van der Waals surface area contributed by atoms with Gasteiger partial charge in [-0.3, -0.25) is 9.78 Å². The van der Waals surface area contributed by atoms with Gasteiger partial charge in [0.2, 0.25) is 0 Å². The van der Waals surface area contributed by atoms with Gasteiger partial charge in [0.15, 0.2) is 5.78 Å². The molecule has 1 aliphatic carbocycles. The van der Waals surface area contributed by atoms with Crippen LogP contribution in [0.4, 0.5) is 0 Å². The van der Waals surface area contributed by atoms with Gasteiger partial charge in [0.25, 0.3) is 0 Å². The first kappa shape index (κ1) is 13.5. The molecule has 0 saturated carbocycles. The molecule has 2 nitrogen and oxygen atoms in total. The molecule has 1 atom stereocenters. The minimum absolute atomic E-state index is 0.103. The van der Waals surface area contributed by atoms with E-state index < -0.39 is 0 Å². The fraction of sp³-hybridized carbons (Fsp3) is 0.294. The Hall–Kier alpha value is -1.48. The second-order valence-electron chi connectivity index (χ2n) is 5.20. The van der Waals surface area contributed by atoms with E-state index in [1.165, 1.54) is 24.0 Å². The van der Waals surface area contributed by atoms with E-state index in [2.05, 4.69) is 33.0 Å². The lowest BCUT2D eigenvalue weighted by Crippen LogP contribution is -2.10. The minimum Gasteiger partial charge on any atom is -0.293 e. The number of hydrogen-bond acceptors (Lipinski definition) is 2. The van der Waals surface area contributed by atoms with E-state index in [0.717, 1.165) is 24.0 Å². The van der Waals surface area contributed by atoms with E-state index in [4.69, 9.17) is 0 Å². The molecule has 1 unspecified atom stereocenters. The molecule has 0 radical (unpaired) electrons. The summed E-state index contributed by atoms with van der Waals surface area (Å²) in [6.45, 7) is 0. The van der Waals surface area contributed by atoms with Crippen molar-refractivity contribution in [3.8, 4) is 0 Å². The zero-order valence-corrected chi connectivity index (χ0v) is 12.8. The third kappa shape index (κ3) is 2.68. The van der Waals surface area contributed by atoms with Crippen molar-refractivity contribution < 1.29 is 4.79 Å². The van der Waals surface area contributed by atoms with Gasteiger partial charge in [-0.15, -0.1) is 0 Å². The molecule has 0 fully saturated rings. The molecule has 0 aliphatic heterocycles. The number of pyridine rings is 1. The monoisotopic (exact) mass is 329 g/mol. The largest absolute Gasteiger partial charge is 0.293 e. The predicted molar refractivity (Wildman–Crippen MR) is 83.3 cm³/mol. The number of aryl methyl sites for hydroxylation is 2.